The number of carbonyl (C=O) groups excluding carboxylic acids is 5. The standard InChI is InChI=1S/C8H9NO5.C4H7NO2.C4H2O3.CH4/c10-6(1-2-7(11)12)9-5-3-4-14-8(5)13;5-3-1-2-7-4(3)6;5-3-1-2-4(6)7-3;/h1-2,5H,3-4H2,(H,9,10)(H,11,12);3H,1-2,5H2;1-2H;1H4/b2-1-;;;/t;3-;;/m.0../s1. The van der Waals surface area contributed by atoms with Gasteiger partial charge in [0.15, 0.2) is 0 Å². The largest absolute Gasteiger partial charge is 0.478 e. The molecule has 0 radical (unpaired) electrons. The van der Waals surface area contributed by atoms with Crippen LogP contribution >= 0.6 is 0 Å². The van der Waals surface area contributed by atoms with Crippen molar-refractivity contribution in [2.75, 3.05) is 13.2 Å². The second-order valence-electron chi connectivity index (χ2n) is 5.33. The van der Waals surface area contributed by atoms with Gasteiger partial charge < -0.3 is 30.4 Å². The van der Waals surface area contributed by atoms with Crippen LogP contribution in [0.1, 0.15) is 20.3 Å². The van der Waals surface area contributed by atoms with E-state index in [1.54, 1.807) is 0 Å². The topological polar surface area (TPSA) is 188 Å². The molecule has 1 amide bonds. The zero-order valence-electron chi connectivity index (χ0n) is 14.5. The maximum absolute atomic E-state index is 11.0. The highest BCUT2D eigenvalue weighted by Crippen LogP contribution is 2.05. The smallest absolute Gasteiger partial charge is 0.338 e. The van der Waals surface area contributed by atoms with Gasteiger partial charge in [-0.05, 0) is 0 Å². The highest BCUT2D eigenvalue weighted by molar-refractivity contribution is 6.04. The van der Waals surface area contributed by atoms with Crippen molar-refractivity contribution in [2.24, 2.45) is 5.73 Å². The van der Waals surface area contributed by atoms with Crippen molar-refractivity contribution in [3.8, 4) is 0 Å². The van der Waals surface area contributed by atoms with E-state index >= 15 is 0 Å². The van der Waals surface area contributed by atoms with Crippen molar-refractivity contribution in [1.29, 1.82) is 0 Å². The van der Waals surface area contributed by atoms with Crippen LogP contribution in [0, 0.1) is 0 Å². The third-order valence-electron chi connectivity index (χ3n) is 3.16. The quantitative estimate of drug-likeness (QED) is 0.213. The fourth-order valence-electron chi connectivity index (χ4n) is 1.81. The third-order valence-corrected chi connectivity index (χ3v) is 3.16. The first-order chi connectivity index (χ1) is 13.2. The Morgan fingerprint density at radius 1 is 1.00 bits per heavy atom. The van der Waals surface area contributed by atoms with Crippen LogP contribution in [0.2, 0.25) is 0 Å². The zero-order valence-corrected chi connectivity index (χ0v) is 14.5. The Morgan fingerprint density at radius 3 is 1.86 bits per heavy atom. The number of cyclic esters (lactones) is 4. The first-order valence-electron chi connectivity index (χ1n) is 7.93. The number of carbonyl (C=O) groups is 6. The molecule has 1 unspecified atom stereocenters. The molecule has 4 N–H and O–H groups in total. The zero-order chi connectivity index (χ0) is 21.1. The number of aliphatic carboxylic acids is 1. The molecule has 160 valence electrons. The van der Waals surface area contributed by atoms with Crippen molar-refractivity contribution < 1.29 is 48.1 Å². The van der Waals surface area contributed by atoms with Gasteiger partial charge in [-0.25, -0.2) is 19.2 Å². The van der Waals surface area contributed by atoms with Gasteiger partial charge in [-0.15, -0.1) is 0 Å². The number of carboxylic acid groups (broad SMARTS) is 1. The van der Waals surface area contributed by atoms with Crippen molar-refractivity contribution in [3.05, 3.63) is 24.3 Å². The van der Waals surface area contributed by atoms with Crippen LogP contribution in [0.5, 0.6) is 0 Å². The van der Waals surface area contributed by atoms with E-state index in [0.717, 1.165) is 18.2 Å². The van der Waals surface area contributed by atoms with Gasteiger partial charge in [-0.2, -0.15) is 0 Å². The minimum atomic E-state index is -1.21. The first kappa shape index (κ1) is 25.5. The summed E-state index contributed by atoms with van der Waals surface area (Å²) in [4.78, 5) is 62.0. The van der Waals surface area contributed by atoms with Crippen LogP contribution in [-0.4, -0.2) is 66.2 Å². The molecule has 0 bridgehead atoms. The Bertz CT molecular complexity index is 697. The highest BCUT2D eigenvalue weighted by Gasteiger charge is 2.27. The van der Waals surface area contributed by atoms with Crippen molar-refractivity contribution in [3.63, 3.8) is 0 Å². The second kappa shape index (κ2) is 12.8. The summed E-state index contributed by atoms with van der Waals surface area (Å²) in [6.07, 6.45) is 4.83. The molecule has 0 aromatic carbocycles. The summed E-state index contributed by atoms with van der Waals surface area (Å²) in [5.41, 5.74) is 5.20. The average Bonchev–Trinajstić information content (AvgIpc) is 3.31. The van der Waals surface area contributed by atoms with Gasteiger partial charge in [0.25, 0.3) is 0 Å². The van der Waals surface area contributed by atoms with Crippen LogP contribution in [0.4, 0.5) is 0 Å². The molecule has 29 heavy (non-hydrogen) atoms. The molecule has 12 heteroatoms. The molecule has 3 aliphatic heterocycles. The van der Waals surface area contributed by atoms with Crippen LogP contribution in [0.15, 0.2) is 24.3 Å². The number of carboxylic acids is 1. The number of esters is 4. The summed E-state index contributed by atoms with van der Waals surface area (Å²) >= 11 is 0. The number of hydrogen-bond acceptors (Lipinski definition) is 10. The Kier molecular flexibility index (Phi) is 11.2. The molecular weight excluding hydrogens is 392 g/mol. The number of nitrogens with two attached hydrogens (primary N) is 1. The lowest BCUT2D eigenvalue weighted by Crippen LogP contribution is -2.36. The van der Waals surface area contributed by atoms with Gasteiger partial charge in [-0.3, -0.25) is 9.59 Å². The van der Waals surface area contributed by atoms with Crippen LogP contribution in [0.3, 0.4) is 0 Å². The molecule has 3 aliphatic rings. The predicted molar refractivity (Wildman–Crippen MR) is 94.8 cm³/mol. The number of ether oxygens (including phenoxy) is 3. The lowest BCUT2D eigenvalue weighted by atomic mass is 10.2. The molecule has 0 saturated carbocycles. The summed E-state index contributed by atoms with van der Waals surface area (Å²) in [5.74, 6) is -3.73. The summed E-state index contributed by atoms with van der Waals surface area (Å²) < 4.78 is 13.1. The number of nitrogens with one attached hydrogen (secondary N) is 1. The predicted octanol–water partition coefficient (Wildman–Crippen LogP) is -1.42. The van der Waals surface area contributed by atoms with Crippen molar-refractivity contribution >= 4 is 35.8 Å². The summed E-state index contributed by atoms with van der Waals surface area (Å²) in [5, 5.41) is 10.5. The van der Waals surface area contributed by atoms with Gasteiger partial charge in [-0.1, -0.05) is 7.43 Å². The normalized spacial score (nSPS) is 21.7. The molecule has 12 nitrogen and oxygen atoms in total. The summed E-state index contributed by atoms with van der Waals surface area (Å²) in [7, 11) is 0. The van der Waals surface area contributed by atoms with E-state index in [1.165, 1.54) is 0 Å². The number of rotatable bonds is 3. The lowest BCUT2D eigenvalue weighted by Gasteiger charge is -2.04. The van der Waals surface area contributed by atoms with E-state index in [4.69, 9.17) is 10.8 Å². The van der Waals surface area contributed by atoms with E-state index in [-0.39, 0.29) is 26.0 Å². The van der Waals surface area contributed by atoms with E-state index in [1.807, 2.05) is 0 Å². The van der Waals surface area contributed by atoms with Gasteiger partial charge in [0.2, 0.25) is 5.91 Å². The van der Waals surface area contributed by atoms with Gasteiger partial charge in [0.1, 0.15) is 12.1 Å². The molecule has 0 aliphatic carbocycles. The fraction of sp³-hybridized carbons (Fsp3) is 0.412. The van der Waals surface area contributed by atoms with Crippen LogP contribution in [0.25, 0.3) is 0 Å². The van der Waals surface area contributed by atoms with Gasteiger partial charge in [0.05, 0.1) is 13.2 Å². The van der Waals surface area contributed by atoms with Crippen LogP contribution < -0.4 is 11.1 Å². The molecule has 0 aromatic rings. The molecular formula is C17H22N2O10. The van der Waals surface area contributed by atoms with Gasteiger partial charge in [0, 0.05) is 37.1 Å². The first-order valence-corrected chi connectivity index (χ1v) is 7.93. The maximum atomic E-state index is 11.0. The fourth-order valence-corrected chi connectivity index (χ4v) is 1.81. The van der Waals surface area contributed by atoms with E-state index in [0.29, 0.717) is 25.5 Å². The summed E-state index contributed by atoms with van der Waals surface area (Å²) in [6, 6.07) is -0.999. The Morgan fingerprint density at radius 2 is 1.55 bits per heavy atom. The summed E-state index contributed by atoms with van der Waals surface area (Å²) in [6.45, 7) is 0.784. The maximum Gasteiger partial charge on any atom is 0.338 e. The SMILES string of the molecule is C.N[C@H]1CCOC1=O.O=C(O)/C=C\C(=O)NC1CCOC1=O.O=C1C=CC(=O)O1. The number of hydrogen-bond donors (Lipinski definition) is 3. The molecule has 2 atom stereocenters. The molecule has 2 saturated heterocycles. The Balaban J connectivity index is 0.000000440. The van der Waals surface area contributed by atoms with E-state index < -0.39 is 35.8 Å². The van der Waals surface area contributed by atoms with E-state index in [9.17, 15) is 28.8 Å². The molecule has 3 rings (SSSR count). The minimum absolute atomic E-state index is 0. The molecule has 0 spiro atoms. The molecule has 0 aromatic heterocycles. The van der Waals surface area contributed by atoms with Crippen molar-refractivity contribution in [2.45, 2.75) is 32.4 Å². The van der Waals surface area contributed by atoms with Crippen molar-refractivity contribution in [1.82, 2.24) is 5.32 Å². The Labute approximate surface area is 165 Å². The second-order valence-corrected chi connectivity index (χ2v) is 5.33. The van der Waals surface area contributed by atoms with Crippen LogP contribution in [-0.2, 0) is 43.0 Å². The molecule has 3 heterocycles. The number of amides is 1. The highest BCUT2D eigenvalue weighted by atomic mass is 16.6. The minimum Gasteiger partial charge on any atom is -0.478 e. The van der Waals surface area contributed by atoms with Gasteiger partial charge >= 0.3 is 29.8 Å². The monoisotopic (exact) mass is 414 g/mol. The Hall–Kier alpha value is -3.54. The molecule has 2 fully saturated rings. The van der Waals surface area contributed by atoms with E-state index in [2.05, 4.69) is 19.5 Å². The average molecular weight is 414 g/mol. The lowest BCUT2D eigenvalue weighted by molar-refractivity contribution is -0.150. The third kappa shape index (κ3) is 10.4.